The lowest BCUT2D eigenvalue weighted by atomic mass is 10.2. The molecule has 0 unspecified atom stereocenters. The molecule has 16 heavy (non-hydrogen) atoms. The van der Waals surface area contributed by atoms with Crippen LogP contribution in [0.25, 0.3) is 16.6 Å². The van der Waals surface area contributed by atoms with Crippen molar-refractivity contribution in [3.8, 4) is 5.69 Å². The van der Waals surface area contributed by atoms with Crippen molar-refractivity contribution in [1.82, 2.24) is 9.78 Å². The van der Waals surface area contributed by atoms with Crippen LogP contribution in [-0.2, 0) is 0 Å². The summed E-state index contributed by atoms with van der Waals surface area (Å²) in [6.07, 6.45) is 1.90. The van der Waals surface area contributed by atoms with Gasteiger partial charge in [0, 0.05) is 5.39 Å². The first-order valence-corrected chi connectivity index (χ1v) is 5.34. The van der Waals surface area contributed by atoms with Crippen molar-refractivity contribution in [2.75, 3.05) is 0 Å². The minimum absolute atomic E-state index is 1.10. The van der Waals surface area contributed by atoms with Gasteiger partial charge in [-0.2, -0.15) is 5.10 Å². The van der Waals surface area contributed by atoms with E-state index < -0.39 is 0 Å². The predicted octanol–water partition coefficient (Wildman–Crippen LogP) is 3.33. The van der Waals surface area contributed by atoms with Gasteiger partial charge in [-0.25, -0.2) is 4.68 Å². The number of hydrogen-bond donors (Lipinski definition) is 0. The van der Waals surface area contributed by atoms with E-state index in [4.69, 9.17) is 0 Å². The van der Waals surface area contributed by atoms with Crippen molar-refractivity contribution in [1.29, 1.82) is 0 Å². The average Bonchev–Trinajstić information content (AvgIpc) is 2.73. The Morgan fingerprint density at radius 3 is 2.62 bits per heavy atom. The van der Waals surface area contributed by atoms with Crippen LogP contribution in [0.3, 0.4) is 0 Å². The molecule has 0 aliphatic rings. The Bertz CT molecular complexity index is 624. The van der Waals surface area contributed by atoms with Gasteiger partial charge >= 0.3 is 0 Å². The third-order valence-electron chi connectivity index (χ3n) is 2.73. The number of rotatable bonds is 1. The minimum Gasteiger partial charge on any atom is -0.233 e. The van der Waals surface area contributed by atoms with Crippen LogP contribution in [0.5, 0.6) is 0 Å². The fourth-order valence-electron chi connectivity index (χ4n) is 1.90. The van der Waals surface area contributed by atoms with Gasteiger partial charge in [-0.05, 0) is 30.7 Å². The van der Waals surface area contributed by atoms with Gasteiger partial charge in [-0.15, -0.1) is 0 Å². The molecule has 2 aromatic carbocycles. The van der Waals surface area contributed by atoms with Crippen LogP contribution in [0, 0.1) is 6.92 Å². The molecule has 3 aromatic rings. The molecule has 0 aliphatic carbocycles. The van der Waals surface area contributed by atoms with Crippen molar-refractivity contribution in [2.45, 2.75) is 6.92 Å². The quantitative estimate of drug-likeness (QED) is 0.599. The highest BCUT2D eigenvalue weighted by Gasteiger charge is 2.03. The molecule has 0 spiro atoms. The molecular weight excluding hydrogens is 196 g/mol. The average molecular weight is 208 g/mol. The van der Waals surface area contributed by atoms with E-state index in [0.717, 1.165) is 11.2 Å². The highest BCUT2D eigenvalue weighted by molar-refractivity contribution is 5.80. The number of hydrogen-bond acceptors (Lipinski definition) is 1. The van der Waals surface area contributed by atoms with E-state index in [0.29, 0.717) is 0 Å². The summed E-state index contributed by atoms with van der Waals surface area (Å²) in [5.41, 5.74) is 3.51. The van der Waals surface area contributed by atoms with Crippen molar-refractivity contribution in [3.05, 3.63) is 60.3 Å². The SMILES string of the molecule is Cc1ccc2cnn(-c3ccccc3)c2c1. The molecule has 0 atom stereocenters. The zero-order valence-corrected chi connectivity index (χ0v) is 9.09. The second-order valence-electron chi connectivity index (χ2n) is 3.95. The second kappa shape index (κ2) is 3.49. The molecule has 0 radical (unpaired) electrons. The topological polar surface area (TPSA) is 17.8 Å². The summed E-state index contributed by atoms with van der Waals surface area (Å²) in [4.78, 5) is 0. The molecule has 0 saturated carbocycles. The van der Waals surface area contributed by atoms with Gasteiger partial charge in [-0.1, -0.05) is 30.3 Å². The highest BCUT2D eigenvalue weighted by atomic mass is 15.3. The van der Waals surface area contributed by atoms with Gasteiger partial charge in [0.05, 0.1) is 17.4 Å². The zero-order chi connectivity index (χ0) is 11.0. The van der Waals surface area contributed by atoms with Gasteiger partial charge in [0.1, 0.15) is 0 Å². The highest BCUT2D eigenvalue weighted by Crippen LogP contribution is 2.19. The molecular formula is C14H12N2. The lowest BCUT2D eigenvalue weighted by molar-refractivity contribution is 0.910. The Hall–Kier alpha value is -2.09. The molecule has 1 aromatic heterocycles. The van der Waals surface area contributed by atoms with E-state index in [1.807, 2.05) is 29.1 Å². The summed E-state index contributed by atoms with van der Waals surface area (Å²) >= 11 is 0. The minimum atomic E-state index is 1.10. The van der Waals surface area contributed by atoms with Crippen LogP contribution in [0.15, 0.2) is 54.7 Å². The Kier molecular flexibility index (Phi) is 2.00. The Labute approximate surface area is 94.1 Å². The van der Waals surface area contributed by atoms with Crippen molar-refractivity contribution < 1.29 is 0 Å². The van der Waals surface area contributed by atoms with Crippen LogP contribution >= 0.6 is 0 Å². The first-order chi connectivity index (χ1) is 7.84. The van der Waals surface area contributed by atoms with Gasteiger partial charge in [0.25, 0.3) is 0 Å². The maximum absolute atomic E-state index is 4.42. The van der Waals surface area contributed by atoms with Crippen LogP contribution in [0.1, 0.15) is 5.56 Å². The number of para-hydroxylation sites is 1. The number of aryl methyl sites for hydroxylation is 1. The first kappa shape index (κ1) is 9.16. The molecule has 78 valence electrons. The number of aromatic nitrogens is 2. The molecule has 0 N–H and O–H groups in total. The monoisotopic (exact) mass is 208 g/mol. The van der Waals surface area contributed by atoms with E-state index in [-0.39, 0.29) is 0 Å². The van der Waals surface area contributed by atoms with E-state index in [9.17, 15) is 0 Å². The Morgan fingerprint density at radius 2 is 1.81 bits per heavy atom. The fraction of sp³-hybridized carbons (Fsp3) is 0.0714. The second-order valence-corrected chi connectivity index (χ2v) is 3.95. The molecule has 3 rings (SSSR count). The van der Waals surface area contributed by atoms with Gasteiger partial charge in [-0.3, -0.25) is 0 Å². The molecule has 0 fully saturated rings. The van der Waals surface area contributed by atoms with Crippen LogP contribution in [0.2, 0.25) is 0 Å². The fourth-order valence-corrected chi connectivity index (χ4v) is 1.90. The third-order valence-corrected chi connectivity index (χ3v) is 2.73. The Morgan fingerprint density at radius 1 is 1.00 bits per heavy atom. The summed E-state index contributed by atoms with van der Waals surface area (Å²) in [6, 6.07) is 16.6. The summed E-state index contributed by atoms with van der Waals surface area (Å²) < 4.78 is 1.97. The van der Waals surface area contributed by atoms with Crippen molar-refractivity contribution in [2.24, 2.45) is 0 Å². The number of nitrogens with zero attached hydrogens (tertiary/aromatic N) is 2. The molecule has 0 saturated heterocycles. The molecule has 2 heteroatoms. The van der Waals surface area contributed by atoms with Crippen LogP contribution in [0.4, 0.5) is 0 Å². The third kappa shape index (κ3) is 1.39. The normalized spacial score (nSPS) is 10.8. The van der Waals surface area contributed by atoms with E-state index in [1.54, 1.807) is 0 Å². The maximum Gasteiger partial charge on any atom is 0.0743 e. The molecule has 0 bridgehead atoms. The lowest BCUT2D eigenvalue weighted by Gasteiger charge is -2.03. The zero-order valence-electron chi connectivity index (χ0n) is 9.09. The predicted molar refractivity (Wildman–Crippen MR) is 65.8 cm³/mol. The van der Waals surface area contributed by atoms with E-state index in [1.165, 1.54) is 10.9 Å². The van der Waals surface area contributed by atoms with Crippen molar-refractivity contribution >= 4 is 10.9 Å². The standard InChI is InChI=1S/C14H12N2/c1-11-7-8-12-10-15-16(14(12)9-11)13-5-3-2-4-6-13/h2-10H,1H3. The van der Waals surface area contributed by atoms with Crippen LogP contribution < -0.4 is 0 Å². The van der Waals surface area contributed by atoms with Crippen LogP contribution in [-0.4, -0.2) is 9.78 Å². The summed E-state index contributed by atoms with van der Waals surface area (Å²) in [5.74, 6) is 0. The summed E-state index contributed by atoms with van der Waals surface area (Å²) in [6.45, 7) is 2.10. The Balaban J connectivity index is 2.29. The smallest absolute Gasteiger partial charge is 0.0743 e. The summed E-state index contributed by atoms with van der Waals surface area (Å²) in [7, 11) is 0. The molecule has 0 aliphatic heterocycles. The maximum atomic E-state index is 4.42. The lowest BCUT2D eigenvalue weighted by Crippen LogP contribution is -1.95. The van der Waals surface area contributed by atoms with Crippen molar-refractivity contribution in [3.63, 3.8) is 0 Å². The molecule has 2 nitrogen and oxygen atoms in total. The van der Waals surface area contributed by atoms with Gasteiger partial charge in [0.2, 0.25) is 0 Å². The van der Waals surface area contributed by atoms with Gasteiger partial charge < -0.3 is 0 Å². The summed E-state index contributed by atoms with van der Waals surface area (Å²) in [5, 5.41) is 5.60. The number of fused-ring (bicyclic) bond motifs is 1. The molecule has 1 heterocycles. The molecule has 0 amide bonds. The first-order valence-electron chi connectivity index (χ1n) is 5.34. The largest absolute Gasteiger partial charge is 0.233 e. The number of benzene rings is 2. The van der Waals surface area contributed by atoms with E-state index >= 15 is 0 Å². The van der Waals surface area contributed by atoms with Gasteiger partial charge in [0.15, 0.2) is 0 Å². The van der Waals surface area contributed by atoms with E-state index in [2.05, 4.69) is 42.4 Å².